The van der Waals surface area contributed by atoms with Crippen molar-refractivity contribution in [1.82, 2.24) is 0 Å². The van der Waals surface area contributed by atoms with Crippen molar-refractivity contribution >= 4 is 0 Å². The summed E-state index contributed by atoms with van der Waals surface area (Å²) in [7, 11) is 0. The average molecular weight is 289 g/mol. The maximum absolute atomic E-state index is 6.19. The third-order valence-electron chi connectivity index (χ3n) is 5.36. The van der Waals surface area contributed by atoms with Gasteiger partial charge in [0, 0.05) is 12.0 Å². The summed E-state index contributed by atoms with van der Waals surface area (Å²) in [5.74, 6) is 1.74. The van der Waals surface area contributed by atoms with Gasteiger partial charge in [0.25, 0.3) is 0 Å². The largest absolute Gasteiger partial charge is 0.454 e. The summed E-state index contributed by atoms with van der Waals surface area (Å²) >= 11 is 0. The number of hydrogen-bond acceptors (Lipinski definition) is 3. The Hall–Kier alpha value is -1.22. The second-order valence-corrected chi connectivity index (χ2v) is 6.91. The van der Waals surface area contributed by atoms with E-state index in [0.717, 1.165) is 18.0 Å². The van der Waals surface area contributed by atoms with Gasteiger partial charge in [-0.15, -0.1) is 0 Å². The quantitative estimate of drug-likeness (QED) is 0.861. The van der Waals surface area contributed by atoms with Gasteiger partial charge in [0.05, 0.1) is 0 Å². The molecule has 3 rings (SSSR count). The van der Waals surface area contributed by atoms with E-state index >= 15 is 0 Å². The minimum Gasteiger partial charge on any atom is -0.454 e. The van der Waals surface area contributed by atoms with E-state index in [1.807, 2.05) is 6.07 Å². The Morgan fingerprint density at radius 1 is 1.05 bits per heavy atom. The molecule has 0 unspecified atom stereocenters. The summed E-state index contributed by atoms with van der Waals surface area (Å²) in [6.45, 7) is 5.65. The first-order valence-corrected chi connectivity index (χ1v) is 8.27. The van der Waals surface area contributed by atoms with Crippen molar-refractivity contribution in [2.45, 2.75) is 57.8 Å². The van der Waals surface area contributed by atoms with Crippen LogP contribution < -0.4 is 15.2 Å². The van der Waals surface area contributed by atoms with Gasteiger partial charge in [0.15, 0.2) is 11.5 Å². The van der Waals surface area contributed by atoms with Crippen LogP contribution >= 0.6 is 0 Å². The molecule has 116 valence electrons. The van der Waals surface area contributed by atoms with Gasteiger partial charge >= 0.3 is 0 Å². The minimum atomic E-state index is 0.144. The van der Waals surface area contributed by atoms with Gasteiger partial charge in [-0.1, -0.05) is 32.8 Å². The molecule has 0 aromatic heterocycles. The molecule has 2 N–H and O–H groups in total. The Bertz CT molecular complexity index is 498. The Morgan fingerprint density at radius 3 is 2.33 bits per heavy atom. The molecule has 1 saturated carbocycles. The van der Waals surface area contributed by atoms with Crippen molar-refractivity contribution in [3.8, 4) is 11.5 Å². The molecule has 0 spiro atoms. The Morgan fingerprint density at radius 2 is 1.71 bits per heavy atom. The van der Waals surface area contributed by atoms with Crippen molar-refractivity contribution in [3.63, 3.8) is 0 Å². The van der Waals surface area contributed by atoms with Gasteiger partial charge in [-0.2, -0.15) is 0 Å². The van der Waals surface area contributed by atoms with Crippen LogP contribution in [-0.4, -0.2) is 13.3 Å². The molecular formula is C18H27NO2. The lowest BCUT2D eigenvalue weighted by atomic mass is 9.48. The lowest BCUT2D eigenvalue weighted by molar-refractivity contribution is 0.00775. The highest BCUT2D eigenvalue weighted by Gasteiger charge is 2.53. The zero-order valence-electron chi connectivity index (χ0n) is 13.3. The first-order chi connectivity index (χ1) is 10.2. The molecule has 0 amide bonds. The Balaban J connectivity index is 1.83. The molecule has 3 nitrogen and oxygen atoms in total. The van der Waals surface area contributed by atoms with Crippen molar-refractivity contribution < 1.29 is 9.47 Å². The number of nitrogens with two attached hydrogens (primary N) is 1. The summed E-state index contributed by atoms with van der Waals surface area (Å²) in [4.78, 5) is 0. The highest BCUT2D eigenvalue weighted by Crippen LogP contribution is 2.60. The molecule has 1 aliphatic carbocycles. The zero-order valence-corrected chi connectivity index (χ0v) is 13.3. The fourth-order valence-corrected chi connectivity index (χ4v) is 4.62. The normalized spacial score (nSPS) is 21.1. The fourth-order valence-electron chi connectivity index (χ4n) is 4.62. The van der Waals surface area contributed by atoms with Gasteiger partial charge in [0.2, 0.25) is 6.79 Å². The molecule has 1 aromatic rings. The molecule has 1 heterocycles. The maximum Gasteiger partial charge on any atom is 0.231 e. The highest BCUT2D eigenvalue weighted by atomic mass is 16.7. The lowest BCUT2D eigenvalue weighted by Crippen LogP contribution is -2.53. The van der Waals surface area contributed by atoms with Gasteiger partial charge in [-0.25, -0.2) is 0 Å². The van der Waals surface area contributed by atoms with Crippen LogP contribution in [0.1, 0.15) is 57.9 Å². The smallest absolute Gasteiger partial charge is 0.231 e. The highest BCUT2D eigenvalue weighted by molar-refractivity contribution is 5.47. The number of ether oxygens (including phenoxy) is 2. The Labute approximate surface area is 127 Å². The number of hydrogen-bond donors (Lipinski definition) is 1. The number of rotatable bonds is 6. The molecule has 1 aliphatic heterocycles. The topological polar surface area (TPSA) is 44.5 Å². The van der Waals surface area contributed by atoms with E-state index in [1.165, 1.54) is 44.1 Å². The summed E-state index contributed by atoms with van der Waals surface area (Å²) in [5.41, 5.74) is 8.18. The first kappa shape index (κ1) is 14.7. The van der Waals surface area contributed by atoms with E-state index in [1.54, 1.807) is 0 Å². The van der Waals surface area contributed by atoms with Crippen molar-refractivity contribution in [2.24, 2.45) is 11.1 Å². The third kappa shape index (κ3) is 2.42. The zero-order chi connectivity index (χ0) is 14.9. The summed E-state index contributed by atoms with van der Waals surface area (Å²) in [6, 6.07) is 6.37. The van der Waals surface area contributed by atoms with Crippen LogP contribution in [0.3, 0.4) is 0 Å². The molecule has 0 atom stereocenters. The van der Waals surface area contributed by atoms with E-state index in [0.29, 0.717) is 12.2 Å². The molecule has 0 saturated heterocycles. The fraction of sp³-hybridized carbons (Fsp3) is 0.667. The van der Waals surface area contributed by atoms with Crippen molar-refractivity contribution in [1.29, 1.82) is 0 Å². The number of fused-ring (bicyclic) bond motifs is 1. The van der Waals surface area contributed by atoms with Crippen LogP contribution in [0.4, 0.5) is 0 Å². The summed E-state index contributed by atoms with van der Waals surface area (Å²) in [6.07, 6.45) is 7.62. The predicted molar refractivity (Wildman–Crippen MR) is 84.8 cm³/mol. The number of benzene rings is 1. The minimum absolute atomic E-state index is 0.144. The molecular weight excluding hydrogens is 262 g/mol. The molecule has 3 heteroatoms. The Kier molecular flexibility index (Phi) is 3.87. The van der Waals surface area contributed by atoms with Crippen molar-refractivity contribution in [3.05, 3.63) is 23.8 Å². The second kappa shape index (κ2) is 5.53. The first-order valence-electron chi connectivity index (χ1n) is 8.27. The third-order valence-corrected chi connectivity index (χ3v) is 5.36. The van der Waals surface area contributed by atoms with Gasteiger partial charge in [-0.3, -0.25) is 0 Å². The molecule has 1 aromatic carbocycles. The van der Waals surface area contributed by atoms with Gasteiger partial charge in [0.1, 0.15) is 0 Å². The molecule has 0 bridgehead atoms. The SMILES string of the molecule is CCCC1(CCC)CC(CN)(c2ccc3c(c2)OCO3)C1. The predicted octanol–water partition coefficient (Wildman–Crippen LogP) is 3.99. The van der Waals surface area contributed by atoms with Crippen LogP contribution in [0.2, 0.25) is 0 Å². The van der Waals surface area contributed by atoms with E-state index in [2.05, 4.69) is 26.0 Å². The monoisotopic (exact) mass is 289 g/mol. The maximum atomic E-state index is 6.19. The van der Waals surface area contributed by atoms with Crippen LogP contribution in [-0.2, 0) is 5.41 Å². The van der Waals surface area contributed by atoms with Crippen LogP contribution in [0.25, 0.3) is 0 Å². The summed E-state index contributed by atoms with van der Waals surface area (Å²) < 4.78 is 10.9. The van der Waals surface area contributed by atoms with E-state index in [9.17, 15) is 0 Å². The molecule has 0 radical (unpaired) electrons. The van der Waals surface area contributed by atoms with Crippen molar-refractivity contribution in [2.75, 3.05) is 13.3 Å². The van der Waals surface area contributed by atoms with Gasteiger partial charge in [-0.05, 0) is 48.8 Å². The second-order valence-electron chi connectivity index (χ2n) is 6.91. The lowest BCUT2D eigenvalue weighted by Gasteiger charge is -2.57. The average Bonchev–Trinajstić information content (AvgIpc) is 2.91. The molecule has 2 aliphatic rings. The van der Waals surface area contributed by atoms with Crippen LogP contribution in [0, 0.1) is 5.41 Å². The van der Waals surface area contributed by atoms with E-state index in [-0.39, 0.29) is 5.41 Å². The molecule has 21 heavy (non-hydrogen) atoms. The van der Waals surface area contributed by atoms with Crippen LogP contribution in [0.5, 0.6) is 11.5 Å². The van der Waals surface area contributed by atoms with Crippen LogP contribution in [0.15, 0.2) is 18.2 Å². The standard InChI is InChI=1S/C18H27NO2/c1-3-7-17(8-4-2)10-18(11-17,12-19)14-5-6-15-16(9-14)21-13-20-15/h5-6,9H,3-4,7-8,10-13,19H2,1-2H3. The van der Waals surface area contributed by atoms with Gasteiger partial charge < -0.3 is 15.2 Å². The summed E-state index contributed by atoms with van der Waals surface area (Å²) in [5, 5.41) is 0. The molecule has 1 fully saturated rings. The van der Waals surface area contributed by atoms with E-state index < -0.39 is 0 Å². The van der Waals surface area contributed by atoms with E-state index in [4.69, 9.17) is 15.2 Å².